The van der Waals surface area contributed by atoms with E-state index in [-0.39, 0.29) is 5.54 Å². The van der Waals surface area contributed by atoms with Crippen LogP contribution < -0.4 is 10.2 Å². The van der Waals surface area contributed by atoms with Gasteiger partial charge in [0.25, 0.3) is 0 Å². The summed E-state index contributed by atoms with van der Waals surface area (Å²) in [5.41, 5.74) is 2.44. The van der Waals surface area contributed by atoms with E-state index in [0.717, 1.165) is 24.5 Å². The van der Waals surface area contributed by atoms with E-state index in [0.29, 0.717) is 0 Å². The second-order valence-electron chi connectivity index (χ2n) is 6.08. The summed E-state index contributed by atoms with van der Waals surface area (Å²) in [4.78, 5) is 6.66. The first-order valence-corrected chi connectivity index (χ1v) is 6.87. The summed E-state index contributed by atoms with van der Waals surface area (Å²) in [5, 5.41) is 3.51. The zero-order valence-corrected chi connectivity index (χ0v) is 12.7. The van der Waals surface area contributed by atoms with Gasteiger partial charge in [-0.05, 0) is 32.9 Å². The number of rotatable bonds is 5. The number of pyridine rings is 1. The normalized spacial score (nSPS) is 11.6. The molecule has 0 unspecified atom stereocenters. The number of nitrogens with zero attached hydrogens (tertiary/aromatic N) is 2. The Balaban J connectivity index is 2.10. The van der Waals surface area contributed by atoms with E-state index in [4.69, 9.17) is 4.42 Å². The van der Waals surface area contributed by atoms with Crippen molar-refractivity contribution in [2.75, 3.05) is 11.9 Å². The summed E-state index contributed by atoms with van der Waals surface area (Å²) in [6, 6.07) is 6.08. The maximum atomic E-state index is 5.11. The number of furan rings is 1. The highest BCUT2D eigenvalue weighted by Gasteiger charge is 2.13. The molecule has 108 valence electrons. The molecule has 0 saturated heterocycles. The highest BCUT2D eigenvalue weighted by molar-refractivity contribution is 5.46. The molecular formula is C16H23N3O. The first-order chi connectivity index (χ1) is 9.46. The van der Waals surface area contributed by atoms with E-state index in [1.165, 1.54) is 5.56 Å². The van der Waals surface area contributed by atoms with Gasteiger partial charge < -0.3 is 14.6 Å². The van der Waals surface area contributed by atoms with Gasteiger partial charge in [0, 0.05) is 43.0 Å². The van der Waals surface area contributed by atoms with Crippen molar-refractivity contribution in [2.24, 2.45) is 0 Å². The molecule has 0 aliphatic carbocycles. The van der Waals surface area contributed by atoms with Crippen LogP contribution in [-0.4, -0.2) is 17.6 Å². The fourth-order valence-electron chi connectivity index (χ4n) is 2.00. The van der Waals surface area contributed by atoms with E-state index in [9.17, 15) is 0 Å². The van der Waals surface area contributed by atoms with E-state index in [2.05, 4.69) is 49.1 Å². The average Bonchev–Trinajstić information content (AvgIpc) is 2.88. The zero-order valence-electron chi connectivity index (χ0n) is 12.7. The predicted molar refractivity (Wildman–Crippen MR) is 81.6 cm³/mol. The van der Waals surface area contributed by atoms with Gasteiger partial charge in [0.15, 0.2) is 0 Å². The van der Waals surface area contributed by atoms with E-state index in [1.54, 1.807) is 12.5 Å². The molecule has 20 heavy (non-hydrogen) atoms. The van der Waals surface area contributed by atoms with Gasteiger partial charge in [0.1, 0.15) is 5.82 Å². The number of nitrogens with one attached hydrogen (secondary N) is 1. The summed E-state index contributed by atoms with van der Waals surface area (Å²) in [7, 11) is 2.05. The minimum absolute atomic E-state index is 0.0935. The second kappa shape index (κ2) is 6.09. The summed E-state index contributed by atoms with van der Waals surface area (Å²) < 4.78 is 5.11. The fourth-order valence-corrected chi connectivity index (χ4v) is 2.00. The van der Waals surface area contributed by atoms with Gasteiger partial charge in [0.05, 0.1) is 12.5 Å². The van der Waals surface area contributed by atoms with Crippen molar-refractivity contribution >= 4 is 5.82 Å². The highest BCUT2D eigenvalue weighted by Crippen LogP contribution is 2.19. The third kappa shape index (κ3) is 4.10. The maximum Gasteiger partial charge on any atom is 0.133 e. The van der Waals surface area contributed by atoms with Crippen LogP contribution in [0.1, 0.15) is 31.9 Å². The molecule has 0 amide bonds. The Morgan fingerprint density at radius 3 is 2.75 bits per heavy atom. The van der Waals surface area contributed by atoms with Crippen LogP contribution in [0.25, 0.3) is 0 Å². The van der Waals surface area contributed by atoms with Gasteiger partial charge in [-0.1, -0.05) is 6.07 Å². The Labute approximate surface area is 120 Å². The van der Waals surface area contributed by atoms with Crippen molar-refractivity contribution in [1.29, 1.82) is 0 Å². The Hall–Kier alpha value is -1.81. The van der Waals surface area contributed by atoms with Crippen LogP contribution >= 0.6 is 0 Å². The highest BCUT2D eigenvalue weighted by atomic mass is 16.3. The molecule has 2 aromatic rings. The Morgan fingerprint density at radius 2 is 2.10 bits per heavy atom. The summed E-state index contributed by atoms with van der Waals surface area (Å²) in [6.45, 7) is 8.09. The summed E-state index contributed by atoms with van der Waals surface area (Å²) in [5.74, 6) is 1.01. The lowest BCUT2D eigenvalue weighted by molar-refractivity contribution is 0.424. The first kappa shape index (κ1) is 14.6. The van der Waals surface area contributed by atoms with Crippen LogP contribution in [0.4, 0.5) is 5.82 Å². The molecule has 0 atom stereocenters. The van der Waals surface area contributed by atoms with Crippen molar-refractivity contribution in [3.63, 3.8) is 0 Å². The standard InChI is InChI=1S/C16H23N3O/c1-16(2,3)18-10-14-6-5-8-17-15(14)19(4)11-13-7-9-20-12-13/h5-9,12,18H,10-11H2,1-4H3. The molecule has 0 saturated carbocycles. The molecule has 0 spiro atoms. The van der Waals surface area contributed by atoms with Crippen LogP contribution in [0, 0.1) is 0 Å². The average molecular weight is 273 g/mol. The molecule has 4 nitrogen and oxygen atoms in total. The molecule has 4 heteroatoms. The molecule has 2 heterocycles. The molecule has 1 N–H and O–H groups in total. The van der Waals surface area contributed by atoms with Gasteiger partial charge in [-0.25, -0.2) is 4.98 Å². The minimum atomic E-state index is 0.0935. The molecule has 0 aliphatic rings. The molecule has 0 aromatic carbocycles. The van der Waals surface area contributed by atoms with Crippen LogP contribution in [0.15, 0.2) is 41.3 Å². The van der Waals surface area contributed by atoms with Crippen LogP contribution in [0.2, 0.25) is 0 Å². The minimum Gasteiger partial charge on any atom is -0.472 e. The Morgan fingerprint density at radius 1 is 1.30 bits per heavy atom. The Kier molecular flexibility index (Phi) is 4.45. The van der Waals surface area contributed by atoms with E-state index >= 15 is 0 Å². The van der Waals surface area contributed by atoms with Gasteiger partial charge in [0.2, 0.25) is 0 Å². The van der Waals surface area contributed by atoms with E-state index < -0.39 is 0 Å². The number of aromatic nitrogens is 1. The molecule has 2 aromatic heterocycles. The van der Waals surface area contributed by atoms with Crippen molar-refractivity contribution in [3.05, 3.63) is 48.0 Å². The number of hydrogen-bond donors (Lipinski definition) is 1. The van der Waals surface area contributed by atoms with Crippen molar-refractivity contribution in [3.8, 4) is 0 Å². The molecular weight excluding hydrogens is 250 g/mol. The lowest BCUT2D eigenvalue weighted by Gasteiger charge is -2.24. The topological polar surface area (TPSA) is 41.3 Å². The molecule has 0 bridgehead atoms. The predicted octanol–water partition coefficient (Wildman–Crippen LogP) is 3.20. The van der Waals surface area contributed by atoms with Gasteiger partial charge in [-0.15, -0.1) is 0 Å². The quantitative estimate of drug-likeness (QED) is 0.908. The smallest absolute Gasteiger partial charge is 0.133 e. The first-order valence-electron chi connectivity index (χ1n) is 6.87. The second-order valence-corrected chi connectivity index (χ2v) is 6.08. The van der Waals surface area contributed by atoms with Gasteiger partial charge >= 0.3 is 0 Å². The SMILES string of the molecule is CN(Cc1ccoc1)c1ncccc1CNC(C)(C)C. The molecule has 2 rings (SSSR count). The van der Waals surface area contributed by atoms with Crippen LogP contribution in [0.3, 0.4) is 0 Å². The number of anilines is 1. The zero-order chi connectivity index (χ0) is 14.6. The number of hydrogen-bond acceptors (Lipinski definition) is 4. The van der Waals surface area contributed by atoms with E-state index in [1.807, 2.05) is 18.3 Å². The lowest BCUT2D eigenvalue weighted by Crippen LogP contribution is -2.35. The molecule has 0 radical (unpaired) electrons. The summed E-state index contributed by atoms with van der Waals surface area (Å²) >= 11 is 0. The van der Waals surface area contributed by atoms with Crippen LogP contribution in [-0.2, 0) is 13.1 Å². The van der Waals surface area contributed by atoms with Crippen molar-refractivity contribution in [2.45, 2.75) is 39.4 Å². The maximum absolute atomic E-state index is 5.11. The third-order valence-electron chi connectivity index (χ3n) is 3.04. The van der Waals surface area contributed by atoms with Crippen molar-refractivity contribution < 1.29 is 4.42 Å². The van der Waals surface area contributed by atoms with Gasteiger partial charge in [-0.2, -0.15) is 0 Å². The fraction of sp³-hybridized carbons (Fsp3) is 0.438. The monoisotopic (exact) mass is 273 g/mol. The molecule has 0 fully saturated rings. The lowest BCUT2D eigenvalue weighted by atomic mass is 10.1. The molecule has 0 aliphatic heterocycles. The van der Waals surface area contributed by atoms with Crippen LogP contribution in [0.5, 0.6) is 0 Å². The summed E-state index contributed by atoms with van der Waals surface area (Å²) in [6.07, 6.45) is 5.30. The van der Waals surface area contributed by atoms with Gasteiger partial charge in [-0.3, -0.25) is 0 Å². The van der Waals surface area contributed by atoms with Crippen molar-refractivity contribution in [1.82, 2.24) is 10.3 Å². The largest absolute Gasteiger partial charge is 0.472 e. The third-order valence-corrected chi connectivity index (χ3v) is 3.04. The Bertz CT molecular complexity index is 529.